The fourth-order valence-electron chi connectivity index (χ4n) is 2.68. The average molecular weight is 314 g/mol. The van der Waals surface area contributed by atoms with Gasteiger partial charge in [-0.3, -0.25) is 0 Å². The number of aryl methyl sites for hydroxylation is 1. The lowest BCUT2D eigenvalue weighted by atomic mass is 9.86. The van der Waals surface area contributed by atoms with Crippen LogP contribution in [-0.2, 0) is 0 Å². The Kier molecular flexibility index (Phi) is 7.50. The Labute approximate surface area is 133 Å². The van der Waals surface area contributed by atoms with Gasteiger partial charge in [0.15, 0.2) is 0 Å². The average Bonchev–Trinajstić information content (AvgIpc) is 2.47. The minimum absolute atomic E-state index is 0.202. The van der Waals surface area contributed by atoms with Crippen molar-refractivity contribution in [2.45, 2.75) is 59.0 Å². The van der Waals surface area contributed by atoms with Crippen LogP contribution in [0.2, 0.25) is 5.02 Å². The number of hydrogen-bond acceptors (Lipinski definition) is 3. The van der Waals surface area contributed by atoms with Gasteiger partial charge < -0.3 is 15.6 Å². The topological polar surface area (TPSA) is 55.5 Å². The Morgan fingerprint density at radius 1 is 1.33 bits per heavy atom. The van der Waals surface area contributed by atoms with Crippen LogP contribution in [0.1, 0.15) is 55.7 Å². The molecular weight excluding hydrogens is 286 g/mol. The van der Waals surface area contributed by atoms with Gasteiger partial charge in [-0.1, -0.05) is 25.4 Å². The van der Waals surface area contributed by atoms with Gasteiger partial charge in [0.05, 0.1) is 12.7 Å². The molecule has 0 amide bonds. The van der Waals surface area contributed by atoms with Gasteiger partial charge in [-0.25, -0.2) is 0 Å². The summed E-state index contributed by atoms with van der Waals surface area (Å²) in [6.45, 7) is 9.21. The molecule has 0 saturated carbocycles. The number of aliphatic hydroxyl groups is 1. The third kappa shape index (κ3) is 4.60. The van der Waals surface area contributed by atoms with Crippen molar-refractivity contribution >= 4 is 11.6 Å². The summed E-state index contributed by atoms with van der Waals surface area (Å²) in [6, 6.07) is 1.96. The van der Waals surface area contributed by atoms with Crippen molar-refractivity contribution in [1.29, 1.82) is 0 Å². The van der Waals surface area contributed by atoms with E-state index in [1.54, 1.807) is 0 Å². The van der Waals surface area contributed by atoms with Gasteiger partial charge in [-0.2, -0.15) is 0 Å². The number of ether oxygens (including phenoxy) is 1. The molecule has 0 bridgehead atoms. The molecule has 1 aromatic rings. The van der Waals surface area contributed by atoms with Gasteiger partial charge in [0.2, 0.25) is 0 Å². The van der Waals surface area contributed by atoms with E-state index in [0.29, 0.717) is 13.0 Å². The predicted molar refractivity (Wildman–Crippen MR) is 89.4 cm³/mol. The SMILES string of the molecule is CCCOc1c(C)cc(Cl)c(C)c1C(CC)CC(O)CN. The van der Waals surface area contributed by atoms with E-state index in [0.717, 1.165) is 40.3 Å². The summed E-state index contributed by atoms with van der Waals surface area (Å²) < 4.78 is 5.98. The first-order valence-electron chi connectivity index (χ1n) is 7.76. The third-order valence-corrected chi connectivity index (χ3v) is 4.28. The van der Waals surface area contributed by atoms with Crippen LogP contribution < -0.4 is 10.5 Å². The molecule has 3 N–H and O–H groups in total. The van der Waals surface area contributed by atoms with Gasteiger partial charge in [-0.15, -0.1) is 0 Å². The molecule has 4 heteroatoms. The maximum Gasteiger partial charge on any atom is 0.126 e. The highest BCUT2D eigenvalue weighted by atomic mass is 35.5. The van der Waals surface area contributed by atoms with E-state index in [2.05, 4.69) is 13.8 Å². The first-order valence-corrected chi connectivity index (χ1v) is 8.14. The second-order valence-electron chi connectivity index (χ2n) is 5.62. The molecule has 2 atom stereocenters. The molecule has 0 heterocycles. The van der Waals surface area contributed by atoms with Crippen LogP contribution in [0, 0.1) is 13.8 Å². The first kappa shape index (κ1) is 18.3. The molecule has 0 fully saturated rings. The van der Waals surface area contributed by atoms with Crippen LogP contribution in [0.15, 0.2) is 6.07 Å². The van der Waals surface area contributed by atoms with Crippen molar-refractivity contribution in [1.82, 2.24) is 0 Å². The molecule has 0 aliphatic rings. The molecule has 0 spiro atoms. The van der Waals surface area contributed by atoms with E-state index in [-0.39, 0.29) is 12.5 Å². The number of benzene rings is 1. The van der Waals surface area contributed by atoms with Crippen molar-refractivity contribution in [3.8, 4) is 5.75 Å². The Morgan fingerprint density at radius 2 is 2.00 bits per heavy atom. The van der Waals surface area contributed by atoms with E-state index >= 15 is 0 Å². The van der Waals surface area contributed by atoms with E-state index in [1.165, 1.54) is 0 Å². The second kappa shape index (κ2) is 8.62. The predicted octanol–water partition coefficient (Wildman–Crippen LogP) is 3.95. The van der Waals surface area contributed by atoms with Crippen LogP contribution in [0.4, 0.5) is 0 Å². The summed E-state index contributed by atoms with van der Waals surface area (Å²) >= 11 is 6.35. The second-order valence-corrected chi connectivity index (χ2v) is 6.03. The maximum atomic E-state index is 9.92. The van der Waals surface area contributed by atoms with Crippen LogP contribution in [0.25, 0.3) is 0 Å². The zero-order valence-electron chi connectivity index (χ0n) is 13.6. The number of rotatable bonds is 8. The molecule has 1 rings (SSSR count). The van der Waals surface area contributed by atoms with Crippen LogP contribution >= 0.6 is 11.6 Å². The summed E-state index contributed by atoms with van der Waals surface area (Å²) in [5, 5.41) is 10.7. The molecular formula is C17H28ClNO2. The first-order chi connectivity index (χ1) is 9.96. The highest BCUT2D eigenvalue weighted by molar-refractivity contribution is 6.31. The molecule has 1 aromatic carbocycles. The largest absolute Gasteiger partial charge is 0.493 e. The minimum atomic E-state index is -0.493. The maximum absolute atomic E-state index is 9.92. The third-order valence-electron chi connectivity index (χ3n) is 3.89. The summed E-state index contributed by atoms with van der Waals surface area (Å²) in [5.74, 6) is 1.13. The zero-order chi connectivity index (χ0) is 16.0. The van der Waals surface area contributed by atoms with E-state index in [9.17, 15) is 5.11 Å². The zero-order valence-corrected chi connectivity index (χ0v) is 14.3. The number of aliphatic hydroxyl groups excluding tert-OH is 1. The van der Waals surface area contributed by atoms with Gasteiger partial charge >= 0.3 is 0 Å². The van der Waals surface area contributed by atoms with Crippen molar-refractivity contribution < 1.29 is 9.84 Å². The molecule has 120 valence electrons. The number of nitrogens with two attached hydrogens (primary N) is 1. The quantitative estimate of drug-likeness (QED) is 0.764. The fourth-order valence-corrected chi connectivity index (χ4v) is 2.94. The molecule has 0 aliphatic heterocycles. The van der Waals surface area contributed by atoms with E-state index < -0.39 is 6.10 Å². The highest BCUT2D eigenvalue weighted by Gasteiger charge is 2.23. The Morgan fingerprint density at radius 3 is 2.52 bits per heavy atom. The smallest absolute Gasteiger partial charge is 0.126 e. The van der Waals surface area contributed by atoms with Gasteiger partial charge in [0, 0.05) is 17.1 Å². The summed E-state index contributed by atoms with van der Waals surface area (Å²) in [6.07, 6.45) is 2.02. The standard InChI is InChI=1S/C17H28ClNO2/c1-5-7-21-17-11(3)8-15(18)12(4)16(17)13(6-2)9-14(20)10-19/h8,13-14,20H,5-7,9-10,19H2,1-4H3. The molecule has 21 heavy (non-hydrogen) atoms. The number of halogens is 1. The van der Waals surface area contributed by atoms with Crippen LogP contribution in [0.3, 0.4) is 0 Å². The summed E-state index contributed by atoms with van der Waals surface area (Å²) in [7, 11) is 0. The molecule has 0 saturated heterocycles. The van der Waals surface area contributed by atoms with Crippen LogP contribution in [0.5, 0.6) is 5.75 Å². The van der Waals surface area contributed by atoms with E-state index in [4.69, 9.17) is 22.1 Å². The Bertz CT molecular complexity index is 463. The Hall–Kier alpha value is -0.770. The fraction of sp³-hybridized carbons (Fsp3) is 0.647. The van der Waals surface area contributed by atoms with Crippen molar-refractivity contribution in [3.05, 3.63) is 27.8 Å². The monoisotopic (exact) mass is 313 g/mol. The normalized spacial score (nSPS) is 14.0. The Balaban J connectivity index is 3.27. The van der Waals surface area contributed by atoms with Crippen LogP contribution in [-0.4, -0.2) is 24.4 Å². The lowest BCUT2D eigenvalue weighted by Gasteiger charge is -2.25. The molecule has 3 nitrogen and oxygen atoms in total. The number of hydrogen-bond donors (Lipinski definition) is 2. The molecule has 0 aromatic heterocycles. The molecule has 2 unspecified atom stereocenters. The molecule has 0 radical (unpaired) electrons. The van der Waals surface area contributed by atoms with Gasteiger partial charge in [0.25, 0.3) is 0 Å². The highest BCUT2D eigenvalue weighted by Crippen LogP contribution is 2.40. The summed E-state index contributed by atoms with van der Waals surface area (Å²) in [5.41, 5.74) is 8.79. The van der Waals surface area contributed by atoms with Gasteiger partial charge in [-0.05, 0) is 56.2 Å². The lowest BCUT2D eigenvalue weighted by molar-refractivity contribution is 0.161. The van der Waals surface area contributed by atoms with Gasteiger partial charge in [0.1, 0.15) is 5.75 Å². The lowest BCUT2D eigenvalue weighted by Crippen LogP contribution is -2.23. The minimum Gasteiger partial charge on any atom is -0.493 e. The summed E-state index contributed by atoms with van der Waals surface area (Å²) in [4.78, 5) is 0. The van der Waals surface area contributed by atoms with Crippen molar-refractivity contribution in [3.63, 3.8) is 0 Å². The van der Waals surface area contributed by atoms with Crippen molar-refractivity contribution in [2.24, 2.45) is 5.73 Å². The molecule has 0 aliphatic carbocycles. The van der Waals surface area contributed by atoms with Crippen molar-refractivity contribution in [2.75, 3.05) is 13.2 Å². The van der Waals surface area contributed by atoms with E-state index in [1.807, 2.05) is 19.9 Å².